The maximum absolute atomic E-state index is 12.2. The predicted molar refractivity (Wildman–Crippen MR) is 59.4 cm³/mol. The number of nitrogens with zero attached hydrogens (tertiary/aromatic N) is 1. The van der Waals surface area contributed by atoms with Crippen LogP contribution in [0.25, 0.3) is 0 Å². The molecule has 2 unspecified atom stereocenters. The van der Waals surface area contributed by atoms with Crippen LogP contribution < -0.4 is 11.1 Å². The molecule has 1 aliphatic heterocycles. The van der Waals surface area contributed by atoms with Crippen molar-refractivity contribution in [1.82, 2.24) is 10.2 Å². The third-order valence-electron chi connectivity index (χ3n) is 3.57. The molecule has 1 aliphatic carbocycles. The van der Waals surface area contributed by atoms with E-state index < -0.39 is 0 Å². The number of piperazine rings is 1. The minimum atomic E-state index is 0.0929. The van der Waals surface area contributed by atoms with E-state index in [2.05, 4.69) is 12.2 Å². The summed E-state index contributed by atoms with van der Waals surface area (Å²) in [5, 5.41) is 3.34. The number of carbonyl (C=O) groups excluding carboxylic acids is 1. The predicted octanol–water partition coefficient (Wildman–Crippen LogP) is -0.0659. The SMILES string of the molecule is C[C@H]1CN(C(=O)C2CCCC2N)CCN1. The second kappa shape index (κ2) is 4.49. The molecule has 1 heterocycles. The molecule has 3 N–H and O–H groups in total. The summed E-state index contributed by atoms with van der Waals surface area (Å²) < 4.78 is 0. The average molecular weight is 211 g/mol. The maximum atomic E-state index is 12.2. The van der Waals surface area contributed by atoms with Crippen molar-refractivity contribution < 1.29 is 4.79 Å². The molecule has 1 saturated heterocycles. The fourth-order valence-corrected chi connectivity index (χ4v) is 2.66. The first-order chi connectivity index (χ1) is 7.18. The van der Waals surface area contributed by atoms with E-state index in [1.807, 2.05) is 4.90 Å². The summed E-state index contributed by atoms with van der Waals surface area (Å²) in [5.74, 6) is 0.378. The Labute approximate surface area is 91.2 Å². The van der Waals surface area contributed by atoms with Gasteiger partial charge in [0.25, 0.3) is 0 Å². The molecular weight excluding hydrogens is 190 g/mol. The quantitative estimate of drug-likeness (QED) is 0.638. The van der Waals surface area contributed by atoms with Crippen LogP contribution >= 0.6 is 0 Å². The number of nitrogens with one attached hydrogen (secondary N) is 1. The largest absolute Gasteiger partial charge is 0.340 e. The molecule has 0 aromatic rings. The van der Waals surface area contributed by atoms with E-state index in [0.29, 0.717) is 6.04 Å². The number of hydrogen-bond acceptors (Lipinski definition) is 3. The Morgan fingerprint density at radius 2 is 2.27 bits per heavy atom. The molecule has 2 aliphatic rings. The highest BCUT2D eigenvalue weighted by atomic mass is 16.2. The van der Waals surface area contributed by atoms with Crippen molar-refractivity contribution in [3.8, 4) is 0 Å². The zero-order valence-electron chi connectivity index (χ0n) is 9.41. The first kappa shape index (κ1) is 10.9. The van der Waals surface area contributed by atoms with Crippen LogP contribution in [0.3, 0.4) is 0 Å². The lowest BCUT2D eigenvalue weighted by Gasteiger charge is -2.34. The standard InChI is InChI=1S/C11H21N3O/c1-8-7-14(6-5-13-8)11(15)9-3-2-4-10(9)12/h8-10,13H,2-7,12H2,1H3/t8-,9?,10?/m0/s1. The van der Waals surface area contributed by atoms with E-state index in [4.69, 9.17) is 5.73 Å². The van der Waals surface area contributed by atoms with Crippen molar-refractivity contribution in [2.75, 3.05) is 19.6 Å². The van der Waals surface area contributed by atoms with Gasteiger partial charge >= 0.3 is 0 Å². The molecule has 0 aromatic carbocycles. The molecule has 2 fully saturated rings. The van der Waals surface area contributed by atoms with Crippen molar-refractivity contribution in [2.24, 2.45) is 11.7 Å². The van der Waals surface area contributed by atoms with E-state index >= 15 is 0 Å². The molecule has 4 heteroatoms. The maximum Gasteiger partial charge on any atom is 0.227 e. The normalized spacial score (nSPS) is 36.9. The van der Waals surface area contributed by atoms with E-state index in [1.165, 1.54) is 0 Å². The minimum absolute atomic E-state index is 0.0929. The van der Waals surface area contributed by atoms with Crippen LogP contribution in [-0.4, -0.2) is 42.5 Å². The number of carbonyl (C=O) groups is 1. The van der Waals surface area contributed by atoms with Gasteiger partial charge < -0.3 is 16.0 Å². The second-order valence-electron chi connectivity index (χ2n) is 4.84. The van der Waals surface area contributed by atoms with Gasteiger partial charge in [0.2, 0.25) is 5.91 Å². The zero-order chi connectivity index (χ0) is 10.8. The summed E-state index contributed by atoms with van der Waals surface area (Å²) >= 11 is 0. The molecule has 2 rings (SSSR count). The first-order valence-corrected chi connectivity index (χ1v) is 5.96. The van der Waals surface area contributed by atoms with Gasteiger partial charge in [-0.3, -0.25) is 4.79 Å². The van der Waals surface area contributed by atoms with Crippen LogP contribution in [-0.2, 0) is 4.79 Å². The van der Waals surface area contributed by atoms with Crippen LogP contribution in [0, 0.1) is 5.92 Å². The molecule has 1 amide bonds. The van der Waals surface area contributed by atoms with Gasteiger partial charge in [0.05, 0.1) is 5.92 Å². The third kappa shape index (κ3) is 2.32. The van der Waals surface area contributed by atoms with Crippen molar-refractivity contribution >= 4 is 5.91 Å². The van der Waals surface area contributed by atoms with Crippen molar-refractivity contribution in [1.29, 1.82) is 0 Å². The summed E-state index contributed by atoms with van der Waals surface area (Å²) in [6, 6.07) is 0.517. The van der Waals surface area contributed by atoms with Crippen LogP contribution in [0.4, 0.5) is 0 Å². The number of amides is 1. The summed E-state index contributed by atoms with van der Waals surface area (Å²) in [6.45, 7) is 4.71. The molecule has 15 heavy (non-hydrogen) atoms. The van der Waals surface area contributed by atoms with Crippen molar-refractivity contribution in [3.05, 3.63) is 0 Å². The van der Waals surface area contributed by atoms with Crippen LogP contribution in [0.15, 0.2) is 0 Å². The highest BCUT2D eigenvalue weighted by molar-refractivity contribution is 5.80. The van der Waals surface area contributed by atoms with Crippen molar-refractivity contribution in [3.63, 3.8) is 0 Å². The lowest BCUT2D eigenvalue weighted by molar-refractivity contribution is -0.136. The van der Waals surface area contributed by atoms with Crippen molar-refractivity contribution in [2.45, 2.75) is 38.3 Å². The lowest BCUT2D eigenvalue weighted by atomic mass is 10.0. The Morgan fingerprint density at radius 1 is 1.47 bits per heavy atom. The Balaban J connectivity index is 1.94. The molecule has 1 saturated carbocycles. The summed E-state index contributed by atoms with van der Waals surface area (Å²) in [7, 11) is 0. The van der Waals surface area contributed by atoms with E-state index in [1.54, 1.807) is 0 Å². The molecule has 0 aromatic heterocycles. The second-order valence-corrected chi connectivity index (χ2v) is 4.84. The fourth-order valence-electron chi connectivity index (χ4n) is 2.66. The van der Waals surface area contributed by atoms with Gasteiger partial charge in [0, 0.05) is 31.7 Å². The van der Waals surface area contributed by atoms with Crippen LogP contribution in [0.1, 0.15) is 26.2 Å². The molecule has 86 valence electrons. The smallest absolute Gasteiger partial charge is 0.227 e. The fraction of sp³-hybridized carbons (Fsp3) is 0.909. The highest BCUT2D eigenvalue weighted by Crippen LogP contribution is 2.26. The lowest BCUT2D eigenvalue weighted by Crippen LogP contribution is -2.54. The van der Waals surface area contributed by atoms with Crippen LogP contribution in [0.5, 0.6) is 0 Å². The highest BCUT2D eigenvalue weighted by Gasteiger charge is 2.34. The monoisotopic (exact) mass is 211 g/mol. The molecule has 0 bridgehead atoms. The number of rotatable bonds is 1. The molecule has 3 atom stereocenters. The Kier molecular flexibility index (Phi) is 3.26. The van der Waals surface area contributed by atoms with E-state index in [-0.39, 0.29) is 17.9 Å². The molecular formula is C11H21N3O. The van der Waals surface area contributed by atoms with Gasteiger partial charge in [0.1, 0.15) is 0 Å². The summed E-state index contributed by atoms with van der Waals surface area (Å²) in [6.07, 6.45) is 3.11. The minimum Gasteiger partial charge on any atom is -0.340 e. The van der Waals surface area contributed by atoms with Gasteiger partial charge in [0.15, 0.2) is 0 Å². The number of hydrogen-bond donors (Lipinski definition) is 2. The zero-order valence-corrected chi connectivity index (χ0v) is 9.41. The third-order valence-corrected chi connectivity index (χ3v) is 3.57. The Morgan fingerprint density at radius 3 is 2.87 bits per heavy atom. The van der Waals surface area contributed by atoms with Gasteiger partial charge in [-0.15, -0.1) is 0 Å². The first-order valence-electron chi connectivity index (χ1n) is 5.96. The summed E-state index contributed by atoms with van der Waals surface area (Å²) in [4.78, 5) is 14.2. The van der Waals surface area contributed by atoms with Crippen LogP contribution in [0.2, 0.25) is 0 Å². The van der Waals surface area contributed by atoms with E-state index in [0.717, 1.165) is 38.9 Å². The molecule has 0 spiro atoms. The van der Waals surface area contributed by atoms with Gasteiger partial charge in [-0.1, -0.05) is 6.42 Å². The molecule has 0 radical (unpaired) electrons. The Bertz CT molecular complexity index is 244. The van der Waals surface area contributed by atoms with Gasteiger partial charge in [-0.25, -0.2) is 0 Å². The Hall–Kier alpha value is -0.610. The summed E-state index contributed by atoms with van der Waals surface area (Å²) in [5.41, 5.74) is 5.96. The van der Waals surface area contributed by atoms with Gasteiger partial charge in [-0.05, 0) is 19.8 Å². The molecule has 4 nitrogen and oxygen atoms in total. The van der Waals surface area contributed by atoms with E-state index in [9.17, 15) is 4.79 Å². The average Bonchev–Trinajstić information content (AvgIpc) is 2.63. The van der Waals surface area contributed by atoms with Gasteiger partial charge in [-0.2, -0.15) is 0 Å². The number of nitrogens with two attached hydrogens (primary N) is 1. The topological polar surface area (TPSA) is 58.4 Å².